The van der Waals surface area contributed by atoms with E-state index in [4.69, 9.17) is 0 Å². The molecule has 0 amide bonds. The number of halogens is 1. The van der Waals surface area contributed by atoms with Gasteiger partial charge < -0.3 is 15.1 Å². The first-order chi connectivity index (χ1) is 12.9. The van der Waals surface area contributed by atoms with Gasteiger partial charge in [-0.3, -0.25) is 4.99 Å². The lowest BCUT2D eigenvalue weighted by Crippen LogP contribution is -2.62. The van der Waals surface area contributed by atoms with Crippen molar-refractivity contribution < 1.29 is 10.2 Å². The van der Waals surface area contributed by atoms with Gasteiger partial charge in [-0.05, 0) is 80.5 Å². The summed E-state index contributed by atoms with van der Waals surface area (Å²) in [6, 6.07) is 0. The van der Waals surface area contributed by atoms with Crippen molar-refractivity contribution in [1.82, 2.24) is 4.90 Å². The van der Waals surface area contributed by atoms with Gasteiger partial charge in [0.25, 0.3) is 0 Å². The van der Waals surface area contributed by atoms with E-state index in [0.29, 0.717) is 22.5 Å². The molecular formula is C22H35BrN2O2S. The molecule has 28 heavy (non-hydrogen) atoms. The number of fused-ring (bicyclic) bond motifs is 9. The molecule has 4 aliphatic carbocycles. The molecule has 1 saturated heterocycles. The summed E-state index contributed by atoms with van der Waals surface area (Å²) in [6.45, 7) is 6.72. The average Bonchev–Trinajstić information content (AvgIpc) is 3.26. The van der Waals surface area contributed by atoms with Gasteiger partial charge >= 0.3 is 0 Å². The molecule has 5 unspecified atom stereocenters. The van der Waals surface area contributed by atoms with Crippen LogP contribution in [0.15, 0.2) is 4.99 Å². The van der Waals surface area contributed by atoms with Crippen LogP contribution in [0.3, 0.4) is 0 Å². The van der Waals surface area contributed by atoms with Crippen molar-refractivity contribution in [3.63, 3.8) is 0 Å². The second-order valence-corrected chi connectivity index (χ2v) is 12.1. The molecule has 2 N–H and O–H groups in total. The Morgan fingerprint density at radius 3 is 2.71 bits per heavy atom. The van der Waals surface area contributed by atoms with E-state index in [1.807, 2.05) is 11.8 Å². The minimum absolute atomic E-state index is 0. The zero-order valence-corrected chi connectivity index (χ0v) is 19.7. The number of nitrogens with zero attached hydrogens (tertiary/aromatic N) is 2. The Labute approximate surface area is 183 Å². The van der Waals surface area contributed by atoms with E-state index in [2.05, 4.69) is 23.7 Å². The maximum Gasteiger partial charge on any atom is 0.162 e. The molecule has 158 valence electrons. The maximum atomic E-state index is 12.1. The molecule has 0 aromatic carbocycles. The van der Waals surface area contributed by atoms with Crippen LogP contribution in [0.5, 0.6) is 0 Å². The lowest BCUT2D eigenvalue weighted by molar-refractivity contribution is -0.191. The summed E-state index contributed by atoms with van der Waals surface area (Å²) in [5.74, 6) is 2.91. The van der Waals surface area contributed by atoms with Gasteiger partial charge in [0.2, 0.25) is 0 Å². The van der Waals surface area contributed by atoms with E-state index >= 15 is 0 Å². The minimum Gasteiger partial charge on any atom is -0.393 e. The summed E-state index contributed by atoms with van der Waals surface area (Å²) in [4.78, 5) is 6.95. The lowest BCUT2D eigenvalue weighted by Gasteiger charge is -2.62. The molecule has 4 saturated carbocycles. The molecule has 6 heteroatoms. The number of aliphatic hydroxyl groups excluding tert-OH is 1. The minimum atomic E-state index is -0.677. The molecule has 6 rings (SSSR count). The van der Waals surface area contributed by atoms with E-state index in [0.717, 1.165) is 55.8 Å². The summed E-state index contributed by atoms with van der Waals surface area (Å²) in [5.41, 5.74) is -0.259. The summed E-state index contributed by atoms with van der Waals surface area (Å²) in [7, 11) is 0. The summed E-state index contributed by atoms with van der Waals surface area (Å²) in [5, 5.41) is 23.7. The Balaban J connectivity index is 0.00000171. The van der Waals surface area contributed by atoms with Crippen LogP contribution in [0.2, 0.25) is 0 Å². The third kappa shape index (κ3) is 2.24. The Kier molecular flexibility index (Phi) is 4.58. The standard InChI is InChI=1S/C22H34N2O2S.BrH/c1-20-7-5-14(25)11-13(20)3-4-15-16(20)6-8-21(2)17(15)12-18-22(21,26)24-10-9-23-19(24)27-18;/h13-18,25-26H,3-12H2,1-2H3;1H/t13?,14?,15?,16?,17?,18-,20+,21+,22+;/m1./s1. The van der Waals surface area contributed by atoms with Crippen molar-refractivity contribution in [2.45, 2.75) is 82.3 Å². The second-order valence-electron chi connectivity index (χ2n) is 10.9. The molecular weight excluding hydrogens is 436 g/mol. The van der Waals surface area contributed by atoms with Crippen LogP contribution in [0.4, 0.5) is 0 Å². The highest BCUT2D eigenvalue weighted by Crippen LogP contribution is 2.71. The van der Waals surface area contributed by atoms with Crippen molar-refractivity contribution in [2.75, 3.05) is 13.1 Å². The predicted octanol–water partition coefficient (Wildman–Crippen LogP) is 4.05. The molecule has 6 aliphatic rings. The van der Waals surface area contributed by atoms with Crippen molar-refractivity contribution in [2.24, 2.45) is 39.5 Å². The first-order valence-corrected chi connectivity index (χ1v) is 12.1. The van der Waals surface area contributed by atoms with Gasteiger partial charge in [0.05, 0.1) is 17.9 Å². The highest BCUT2D eigenvalue weighted by atomic mass is 79.9. The predicted molar refractivity (Wildman–Crippen MR) is 119 cm³/mol. The molecule has 4 nitrogen and oxygen atoms in total. The Hall–Kier alpha value is 0.220. The van der Waals surface area contributed by atoms with Gasteiger partial charge in [-0.15, -0.1) is 17.0 Å². The summed E-state index contributed by atoms with van der Waals surface area (Å²) >= 11 is 1.87. The number of thioether (sulfide) groups is 1. The number of hydrogen-bond acceptors (Lipinski definition) is 5. The number of aliphatic hydroxyl groups is 2. The summed E-state index contributed by atoms with van der Waals surface area (Å²) < 4.78 is 0. The number of aliphatic imine (C=N–C) groups is 1. The van der Waals surface area contributed by atoms with Crippen LogP contribution in [0, 0.1) is 34.5 Å². The van der Waals surface area contributed by atoms with Gasteiger partial charge in [0, 0.05) is 12.0 Å². The molecule has 2 heterocycles. The van der Waals surface area contributed by atoms with Gasteiger partial charge in [0.15, 0.2) is 10.9 Å². The smallest absolute Gasteiger partial charge is 0.162 e. The molecule has 0 radical (unpaired) electrons. The maximum absolute atomic E-state index is 12.1. The van der Waals surface area contributed by atoms with Gasteiger partial charge in [0.1, 0.15) is 0 Å². The van der Waals surface area contributed by atoms with Crippen LogP contribution >= 0.6 is 28.7 Å². The molecule has 2 aliphatic heterocycles. The molecule has 0 aromatic rings. The van der Waals surface area contributed by atoms with Gasteiger partial charge in [-0.1, -0.05) is 25.6 Å². The summed E-state index contributed by atoms with van der Waals surface area (Å²) in [6.07, 6.45) is 9.34. The molecule has 5 fully saturated rings. The topological polar surface area (TPSA) is 56.1 Å². The third-order valence-electron chi connectivity index (χ3n) is 10.2. The quantitative estimate of drug-likeness (QED) is 0.560. The van der Waals surface area contributed by atoms with E-state index in [-0.39, 0.29) is 28.5 Å². The van der Waals surface area contributed by atoms with E-state index < -0.39 is 5.72 Å². The van der Waals surface area contributed by atoms with Crippen LogP contribution in [0.1, 0.15) is 65.2 Å². The van der Waals surface area contributed by atoms with Gasteiger partial charge in [-0.2, -0.15) is 0 Å². The zero-order chi connectivity index (χ0) is 18.6. The fourth-order valence-electron chi connectivity index (χ4n) is 8.79. The first kappa shape index (κ1) is 20.1. The molecule has 9 atom stereocenters. The van der Waals surface area contributed by atoms with E-state index in [1.54, 1.807) is 0 Å². The zero-order valence-electron chi connectivity index (χ0n) is 17.1. The fourth-order valence-corrected chi connectivity index (χ4v) is 10.4. The van der Waals surface area contributed by atoms with Gasteiger partial charge in [-0.25, -0.2) is 0 Å². The monoisotopic (exact) mass is 470 g/mol. The largest absolute Gasteiger partial charge is 0.393 e. The van der Waals surface area contributed by atoms with Crippen LogP contribution in [-0.4, -0.2) is 50.4 Å². The molecule has 0 spiro atoms. The molecule has 0 aromatic heterocycles. The number of hydrogen-bond donors (Lipinski definition) is 2. The Morgan fingerprint density at radius 2 is 1.89 bits per heavy atom. The van der Waals surface area contributed by atoms with Crippen LogP contribution in [-0.2, 0) is 0 Å². The van der Waals surface area contributed by atoms with Crippen molar-refractivity contribution in [3.8, 4) is 0 Å². The van der Waals surface area contributed by atoms with Crippen molar-refractivity contribution in [1.29, 1.82) is 0 Å². The second kappa shape index (κ2) is 6.37. The molecule has 0 bridgehead atoms. The highest BCUT2D eigenvalue weighted by molar-refractivity contribution is 8.93. The van der Waals surface area contributed by atoms with Crippen molar-refractivity contribution in [3.05, 3.63) is 0 Å². The number of amidine groups is 1. The number of rotatable bonds is 0. The SMILES string of the molecule is Br.C[C@]12CCC(O)CC1CCC1C2CC[C@@]2(C)C1C[C@H]1SC3=NCCN3[C@]12O. The average molecular weight is 472 g/mol. The first-order valence-electron chi connectivity index (χ1n) is 11.3. The van der Waals surface area contributed by atoms with Crippen LogP contribution < -0.4 is 0 Å². The Bertz CT molecular complexity index is 706. The normalized spacial score (nSPS) is 56.7. The lowest BCUT2D eigenvalue weighted by atomic mass is 9.44. The highest BCUT2D eigenvalue weighted by Gasteiger charge is 2.73. The van der Waals surface area contributed by atoms with E-state index in [1.165, 1.54) is 25.7 Å². The fraction of sp³-hybridized carbons (Fsp3) is 0.955. The van der Waals surface area contributed by atoms with Crippen LogP contribution in [0.25, 0.3) is 0 Å². The Morgan fingerprint density at radius 1 is 1.07 bits per heavy atom. The third-order valence-corrected chi connectivity index (χ3v) is 11.6. The van der Waals surface area contributed by atoms with E-state index in [9.17, 15) is 10.2 Å². The van der Waals surface area contributed by atoms with Crippen molar-refractivity contribution >= 4 is 33.9 Å².